The quantitative estimate of drug-likeness (QED) is 0.690. The van der Waals surface area contributed by atoms with E-state index in [1.807, 2.05) is 18.2 Å². The molecule has 1 spiro atoms. The second-order valence-corrected chi connectivity index (χ2v) is 4.98. The van der Waals surface area contributed by atoms with Crippen LogP contribution in [0.25, 0.3) is 0 Å². The lowest BCUT2D eigenvalue weighted by molar-refractivity contribution is 0.0118. The maximum atomic E-state index is 5.84. The highest BCUT2D eigenvalue weighted by Crippen LogP contribution is 2.46. The third kappa shape index (κ3) is 1.21. The van der Waals surface area contributed by atoms with E-state index in [2.05, 4.69) is 22.6 Å². The molecular weight excluding hydrogens is 226 g/mol. The van der Waals surface area contributed by atoms with Crippen molar-refractivity contribution in [2.75, 3.05) is 11.2 Å². The number of hydrogen-bond donors (Lipinski definition) is 2. The first-order chi connectivity index (χ1) is 8.77. The van der Waals surface area contributed by atoms with E-state index >= 15 is 0 Å². The van der Waals surface area contributed by atoms with Gasteiger partial charge in [-0.2, -0.15) is 0 Å². The van der Waals surface area contributed by atoms with E-state index in [9.17, 15) is 0 Å². The Kier molecular flexibility index (Phi) is 1.78. The van der Waals surface area contributed by atoms with Gasteiger partial charge in [0.25, 0.3) is 0 Å². The maximum absolute atomic E-state index is 5.84. The minimum Gasteiger partial charge on any atom is -0.399 e. The number of nitrogens with one attached hydrogen (secondary N) is 1. The molecular formula is C14H13N3O. The fraction of sp³-hybridized carbons (Fsp3) is 0.214. The summed E-state index contributed by atoms with van der Waals surface area (Å²) in [6.45, 7) is 0. The van der Waals surface area contributed by atoms with E-state index in [4.69, 9.17) is 10.6 Å². The summed E-state index contributed by atoms with van der Waals surface area (Å²) in [6, 6.07) is 10.1. The van der Waals surface area contributed by atoms with Crippen molar-refractivity contribution in [1.29, 1.82) is 0 Å². The van der Waals surface area contributed by atoms with Crippen LogP contribution in [0.3, 0.4) is 0 Å². The van der Waals surface area contributed by atoms with Crippen molar-refractivity contribution in [2.24, 2.45) is 0 Å². The highest BCUT2D eigenvalue weighted by atomic mass is 16.7. The summed E-state index contributed by atoms with van der Waals surface area (Å²) in [4.78, 5) is 10.1. The Morgan fingerprint density at radius 1 is 1.22 bits per heavy atom. The third-order valence-electron chi connectivity index (χ3n) is 3.82. The van der Waals surface area contributed by atoms with Gasteiger partial charge in [0, 0.05) is 30.3 Å². The lowest BCUT2D eigenvalue weighted by Gasteiger charge is -2.20. The van der Waals surface area contributed by atoms with E-state index in [1.165, 1.54) is 11.1 Å². The average molecular weight is 239 g/mol. The van der Waals surface area contributed by atoms with Crippen LogP contribution in [0, 0.1) is 0 Å². The molecule has 1 unspecified atom stereocenters. The van der Waals surface area contributed by atoms with E-state index in [1.54, 1.807) is 6.20 Å². The van der Waals surface area contributed by atoms with Gasteiger partial charge in [-0.1, -0.05) is 12.1 Å². The molecule has 4 rings (SSSR count). The van der Waals surface area contributed by atoms with Crippen LogP contribution in [-0.2, 0) is 23.3 Å². The van der Waals surface area contributed by atoms with Gasteiger partial charge < -0.3 is 5.73 Å². The molecule has 1 aromatic carbocycles. The number of anilines is 2. The second kappa shape index (κ2) is 3.23. The summed E-state index contributed by atoms with van der Waals surface area (Å²) in [7, 11) is 0. The fourth-order valence-corrected chi connectivity index (χ4v) is 2.98. The number of nitrogens with zero attached hydrogens (tertiary/aromatic N) is 1. The van der Waals surface area contributed by atoms with Gasteiger partial charge in [0.1, 0.15) is 5.60 Å². The van der Waals surface area contributed by atoms with Crippen LogP contribution in [0.4, 0.5) is 11.5 Å². The van der Waals surface area contributed by atoms with Crippen molar-refractivity contribution >= 4 is 11.5 Å². The van der Waals surface area contributed by atoms with Crippen molar-refractivity contribution in [1.82, 2.24) is 4.98 Å². The van der Waals surface area contributed by atoms with Crippen molar-refractivity contribution in [3.63, 3.8) is 0 Å². The number of nitrogens with two attached hydrogens (primary N) is 1. The smallest absolute Gasteiger partial charge is 0.155 e. The van der Waals surface area contributed by atoms with Gasteiger partial charge in [0.2, 0.25) is 0 Å². The molecule has 0 fully saturated rings. The molecule has 0 radical (unpaired) electrons. The van der Waals surface area contributed by atoms with E-state index < -0.39 is 0 Å². The van der Waals surface area contributed by atoms with Crippen molar-refractivity contribution < 1.29 is 4.84 Å². The number of nitrogen functional groups attached to an aromatic ring is 1. The Balaban J connectivity index is 1.82. The molecule has 90 valence electrons. The third-order valence-corrected chi connectivity index (χ3v) is 3.82. The zero-order chi connectivity index (χ0) is 12.2. The minimum absolute atomic E-state index is 0.306. The molecule has 3 N–H and O–H groups in total. The average Bonchev–Trinajstić information content (AvgIpc) is 2.92. The maximum Gasteiger partial charge on any atom is 0.155 e. The molecule has 0 bridgehead atoms. The summed E-state index contributed by atoms with van der Waals surface area (Å²) in [5.74, 6) is 0.832. The van der Waals surface area contributed by atoms with Crippen LogP contribution in [-0.4, -0.2) is 4.98 Å². The molecule has 1 aromatic heterocycles. The molecule has 4 heteroatoms. The van der Waals surface area contributed by atoms with Crippen LogP contribution in [0.5, 0.6) is 0 Å². The van der Waals surface area contributed by atoms with Gasteiger partial charge in [0.15, 0.2) is 5.82 Å². The summed E-state index contributed by atoms with van der Waals surface area (Å²) < 4.78 is 0. The lowest BCUT2D eigenvalue weighted by Crippen LogP contribution is -2.26. The predicted molar refractivity (Wildman–Crippen MR) is 68.9 cm³/mol. The largest absolute Gasteiger partial charge is 0.399 e. The number of rotatable bonds is 0. The number of aromatic nitrogens is 1. The van der Waals surface area contributed by atoms with Crippen LogP contribution in [0.2, 0.25) is 0 Å². The van der Waals surface area contributed by atoms with Gasteiger partial charge in [0.05, 0.1) is 0 Å². The molecule has 0 saturated carbocycles. The fourth-order valence-electron chi connectivity index (χ4n) is 2.98. The number of pyridine rings is 1. The van der Waals surface area contributed by atoms with Gasteiger partial charge in [-0.05, 0) is 29.3 Å². The number of fused-ring (bicyclic) bond motifs is 3. The molecule has 1 atom stereocenters. The standard InChI is InChI=1S/C14H13N3O/c15-11-4-3-9-7-14(8-10(9)6-11)12-2-1-5-16-13(12)17-18-14/h1-6H,7-8,15H2,(H,16,17). The molecule has 0 amide bonds. The summed E-state index contributed by atoms with van der Waals surface area (Å²) in [6.07, 6.45) is 3.49. The number of benzene rings is 1. The second-order valence-electron chi connectivity index (χ2n) is 4.98. The summed E-state index contributed by atoms with van der Waals surface area (Å²) >= 11 is 0. The minimum atomic E-state index is -0.306. The van der Waals surface area contributed by atoms with Crippen LogP contribution in [0.1, 0.15) is 16.7 Å². The van der Waals surface area contributed by atoms with Crippen molar-refractivity contribution in [2.45, 2.75) is 18.4 Å². The van der Waals surface area contributed by atoms with Crippen LogP contribution >= 0.6 is 0 Å². The van der Waals surface area contributed by atoms with Crippen molar-refractivity contribution in [3.05, 3.63) is 53.2 Å². The summed E-state index contributed by atoms with van der Waals surface area (Å²) in [5.41, 5.74) is 13.0. The molecule has 2 aromatic rings. The Morgan fingerprint density at radius 3 is 3.06 bits per heavy atom. The highest BCUT2D eigenvalue weighted by molar-refractivity contribution is 5.56. The van der Waals surface area contributed by atoms with Gasteiger partial charge >= 0.3 is 0 Å². The van der Waals surface area contributed by atoms with E-state index in [-0.39, 0.29) is 5.60 Å². The SMILES string of the molecule is Nc1ccc2c(c1)CC1(C2)ONc2ncccc21. The first-order valence-electron chi connectivity index (χ1n) is 6.04. The van der Waals surface area contributed by atoms with Crippen LogP contribution in [0.15, 0.2) is 36.5 Å². The zero-order valence-electron chi connectivity index (χ0n) is 9.81. The zero-order valence-corrected chi connectivity index (χ0v) is 9.81. The molecule has 2 heterocycles. The Morgan fingerprint density at radius 2 is 2.11 bits per heavy atom. The Labute approximate surface area is 105 Å². The normalized spacial score (nSPS) is 23.8. The van der Waals surface area contributed by atoms with Gasteiger partial charge in [-0.15, -0.1) is 0 Å². The first kappa shape index (κ1) is 9.91. The Bertz CT molecular complexity index is 641. The molecule has 2 aliphatic rings. The molecule has 1 aliphatic heterocycles. The van der Waals surface area contributed by atoms with E-state index in [0.717, 1.165) is 29.9 Å². The van der Waals surface area contributed by atoms with Gasteiger partial charge in [-0.3, -0.25) is 4.84 Å². The summed E-state index contributed by atoms with van der Waals surface area (Å²) in [5, 5.41) is 0. The topological polar surface area (TPSA) is 60.2 Å². The molecule has 4 nitrogen and oxygen atoms in total. The van der Waals surface area contributed by atoms with E-state index in [0.29, 0.717) is 0 Å². The highest BCUT2D eigenvalue weighted by Gasteiger charge is 2.46. The van der Waals surface area contributed by atoms with Crippen molar-refractivity contribution in [3.8, 4) is 0 Å². The first-order valence-corrected chi connectivity index (χ1v) is 6.04. The van der Waals surface area contributed by atoms with Crippen LogP contribution < -0.4 is 11.2 Å². The monoisotopic (exact) mass is 239 g/mol. The molecule has 1 aliphatic carbocycles. The number of hydrogen-bond acceptors (Lipinski definition) is 4. The predicted octanol–water partition coefficient (Wildman–Crippen LogP) is 2.01. The molecule has 18 heavy (non-hydrogen) atoms. The lowest BCUT2D eigenvalue weighted by atomic mass is 9.92. The van der Waals surface area contributed by atoms with Gasteiger partial charge in [-0.25, -0.2) is 10.5 Å². The Hall–Kier alpha value is -2.07. The molecule has 0 saturated heterocycles.